The molecule has 0 amide bonds. The standard InChI is InChI=1S/C22H14N2O3S/c23-22-24-16-9-10-18-20(21(16)28-22)17(25)12-19(27-18)13-5-4-8-15(11-13)26-14-6-2-1-3-7-14/h1-12H,(H2,23,24). The highest BCUT2D eigenvalue weighted by molar-refractivity contribution is 7.22. The highest BCUT2D eigenvalue weighted by Crippen LogP contribution is 2.32. The maximum atomic E-state index is 12.8. The third kappa shape index (κ3) is 2.90. The number of nitrogen functional groups attached to an aromatic ring is 1. The van der Waals surface area contributed by atoms with Gasteiger partial charge in [-0.2, -0.15) is 0 Å². The zero-order valence-electron chi connectivity index (χ0n) is 14.6. The summed E-state index contributed by atoms with van der Waals surface area (Å²) in [6.07, 6.45) is 0. The van der Waals surface area contributed by atoms with Crippen LogP contribution < -0.4 is 15.9 Å². The summed E-state index contributed by atoms with van der Waals surface area (Å²) >= 11 is 1.29. The third-order valence-corrected chi connectivity index (χ3v) is 5.28. The van der Waals surface area contributed by atoms with Gasteiger partial charge in [-0.25, -0.2) is 4.98 Å². The number of ether oxygens (including phenoxy) is 1. The van der Waals surface area contributed by atoms with E-state index < -0.39 is 0 Å². The fraction of sp³-hybridized carbons (Fsp3) is 0. The number of thiazole rings is 1. The van der Waals surface area contributed by atoms with E-state index in [0.29, 0.717) is 33.1 Å². The summed E-state index contributed by atoms with van der Waals surface area (Å²) < 4.78 is 12.7. The Hall–Kier alpha value is -3.64. The molecule has 28 heavy (non-hydrogen) atoms. The van der Waals surface area contributed by atoms with Gasteiger partial charge in [0.2, 0.25) is 0 Å². The highest BCUT2D eigenvalue weighted by Gasteiger charge is 2.13. The molecule has 136 valence electrons. The first-order chi connectivity index (χ1) is 13.7. The van der Waals surface area contributed by atoms with Crippen molar-refractivity contribution in [1.82, 2.24) is 4.98 Å². The molecule has 0 aliphatic rings. The molecule has 0 atom stereocenters. The van der Waals surface area contributed by atoms with Gasteiger partial charge in [-0.05, 0) is 36.4 Å². The lowest BCUT2D eigenvalue weighted by molar-refractivity contribution is 0.482. The Kier molecular flexibility index (Phi) is 3.84. The lowest BCUT2D eigenvalue weighted by Crippen LogP contribution is -2.00. The maximum absolute atomic E-state index is 12.8. The first kappa shape index (κ1) is 16.5. The fourth-order valence-electron chi connectivity index (χ4n) is 3.13. The summed E-state index contributed by atoms with van der Waals surface area (Å²) in [6, 6.07) is 22.0. The van der Waals surface area contributed by atoms with Gasteiger partial charge >= 0.3 is 0 Å². The van der Waals surface area contributed by atoms with E-state index in [4.69, 9.17) is 14.9 Å². The van der Waals surface area contributed by atoms with Crippen LogP contribution in [0.25, 0.3) is 32.5 Å². The molecule has 0 spiro atoms. The van der Waals surface area contributed by atoms with Crippen LogP contribution in [0.3, 0.4) is 0 Å². The molecule has 0 aliphatic carbocycles. The van der Waals surface area contributed by atoms with Gasteiger partial charge in [0, 0.05) is 11.6 Å². The van der Waals surface area contributed by atoms with Crippen molar-refractivity contribution in [1.29, 1.82) is 0 Å². The zero-order valence-corrected chi connectivity index (χ0v) is 15.4. The van der Waals surface area contributed by atoms with Crippen LogP contribution >= 0.6 is 11.3 Å². The van der Waals surface area contributed by atoms with Gasteiger partial charge < -0.3 is 14.9 Å². The molecule has 5 nitrogen and oxygen atoms in total. The summed E-state index contributed by atoms with van der Waals surface area (Å²) in [5, 5.41) is 0.934. The van der Waals surface area contributed by atoms with E-state index in [1.807, 2.05) is 60.7 Å². The Morgan fingerprint density at radius 1 is 0.929 bits per heavy atom. The van der Waals surface area contributed by atoms with Crippen molar-refractivity contribution in [2.24, 2.45) is 0 Å². The third-order valence-electron chi connectivity index (χ3n) is 4.36. The first-order valence-electron chi connectivity index (χ1n) is 8.63. The molecule has 5 rings (SSSR count). The molecule has 5 aromatic rings. The van der Waals surface area contributed by atoms with Crippen molar-refractivity contribution in [2.45, 2.75) is 0 Å². The molecule has 0 fully saturated rings. The van der Waals surface area contributed by atoms with E-state index in [0.717, 1.165) is 16.0 Å². The van der Waals surface area contributed by atoms with Crippen molar-refractivity contribution in [3.8, 4) is 22.8 Å². The number of rotatable bonds is 3. The summed E-state index contributed by atoms with van der Waals surface area (Å²) in [7, 11) is 0. The largest absolute Gasteiger partial charge is 0.457 e. The summed E-state index contributed by atoms with van der Waals surface area (Å²) in [6.45, 7) is 0. The summed E-state index contributed by atoms with van der Waals surface area (Å²) in [5.74, 6) is 1.88. The fourth-order valence-corrected chi connectivity index (χ4v) is 4.00. The second-order valence-corrected chi connectivity index (χ2v) is 7.29. The smallest absolute Gasteiger partial charge is 0.194 e. The molecule has 2 N–H and O–H groups in total. The van der Waals surface area contributed by atoms with E-state index in [2.05, 4.69) is 4.98 Å². The second kappa shape index (κ2) is 6.51. The monoisotopic (exact) mass is 386 g/mol. The van der Waals surface area contributed by atoms with Crippen LogP contribution in [0.4, 0.5) is 5.13 Å². The number of anilines is 1. The van der Waals surface area contributed by atoms with E-state index in [1.165, 1.54) is 17.4 Å². The number of fused-ring (bicyclic) bond motifs is 3. The van der Waals surface area contributed by atoms with Crippen LogP contribution in [0.2, 0.25) is 0 Å². The number of aromatic nitrogens is 1. The van der Waals surface area contributed by atoms with E-state index >= 15 is 0 Å². The highest BCUT2D eigenvalue weighted by atomic mass is 32.1. The molecule has 0 saturated heterocycles. The average molecular weight is 386 g/mol. The minimum Gasteiger partial charge on any atom is -0.457 e. The Bertz CT molecular complexity index is 1370. The average Bonchev–Trinajstić information content (AvgIpc) is 3.09. The molecule has 6 heteroatoms. The normalized spacial score (nSPS) is 11.1. The van der Waals surface area contributed by atoms with Crippen LogP contribution in [-0.2, 0) is 0 Å². The Morgan fingerprint density at radius 2 is 1.75 bits per heavy atom. The molecule has 2 heterocycles. The molecule has 0 bridgehead atoms. The lowest BCUT2D eigenvalue weighted by atomic mass is 10.1. The summed E-state index contributed by atoms with van der Waals surface area (Å²) in [5.41, 5.74) is 7.64. The van der Waals surface area contributed by atoms with Gasteiger partial charge in [0.05, 0.1) is 15.6 Å². The predicted octanol–water partition coefficient (Wildman–Crippen LogP) is 5.44. The predicted molar refractivity (Wildman–Crippen MR) is 112 cm³/mol. The molecular weight excluding hydrogens is 372 g/mol. The second-order valence-electron chi connectivity index (χ2n) is 6.26. The van der Waals surface area contributed by atoms with Gasteiger partial charge in [0.1, 0.15) is 22.8 Å². The minimum atomic E-state index is -0.125. The first-order valence-corrected chi connectivity index (χ1v) is 9.45. The van der Waals surface area contributed by atoms with Gasteiger partial charge in [-0.15, -0.1) is 0 Å². The number of hydrogen-bond acceptors (Lipinski definition) is 6. The van der Waals surface area contributed by atoms with Crippen molar-refractivity contribution in [3.63, 3.8) is 0 Å². The van der Waals surface area contributed by atoms with E-state index in [9.17, 15) is 4.79 Å². The van der Waals surface area contributed by atoms with Crippen LogP contribution in [0.1, 0.15) is 0 Å². The van der Waals surface area contributed by atoms with Gasteiger partial charge in [0.25, 0.3) is 0 Å². The Morgan fingerprint density at radius 3 is 2.61 bits per heavy atom. The molecule has 3 aromatic carbocycles. The SMILES string of the molecule is Nc1nc2ccc3oc(-c4cccc(Oc5ccccc5)c4)cc(=O)c3c2s1. The van der Waals surface area contributed by atoms with Crippen molar-refractivity contribution < 1.29 is 9.15 Å². The number of nitrogens with two attached hydrogens (primary N) is 1. The van der Waals surface area contributed by atoms with Gasteiger partial charge in [0.15, 0.2) is 10.6 Å². The van der Waals surface area contributed by atoms with Crippen molar-refractivity contribution in [2.75, 3.05) is 5.73 Å². The van der Waals surface area contributed by atoms with Crippen LogP contribution in [-0.4, -0.2) is 4.98 Å². The lowest BCUT2D eigenvalue weighted by Gasteiger charge is -2.08. The summed E-state index contributed by atoms with van der Waals surface area (Å²) in [4.78, 5) is 17.1. The number of benzene rings is 3. The minimum absolute atomic E-state index is 0.125. The van der Waals surface area contributed by atoms with Crippen LogP contribution in [0.5, 0.6) is 11.5 Å². The number of hydrogen-bond donors (Lipinski definition) is 1. The topological polar surface area (TPSA) is 78.3 Å². The molecule has 0 aliphatic heterocycles. The molecule has 0 radical (unpaired) electrons. The van der Waals surface area contributed by atoms with Gasteiger partial charge in [-0.3, -0.25) is 4.79 Å². The zero-order chi connectivity index (χ0) is 19.1. The quantitative estimate of drug-likeness (QED) is 0.446. The van der Waals surface area contributed by atoms with Crippen molar-refractivity contribution in [3.05, 3.63) is 83.0 Å². The van der Waals surface area contributed by atoms with E-state index in [-0.39, 0.29) is 5.43 Å². The molecule has 0 saturated carbocycles. The molecule has 0 unspecified atom stereocenters. The van der Waals surface area contributed by atoms with E-state index in [1.54, 1.807) is 6.07 Å². The molecular formula is C22H14N2O3S. The molecule has 2 aromatic heterocycles. The Balaban J connectivity index is 1.60. The maximum Gasteiger partial charge on any atom is 0.194 e. The number of para-hydroxylation sites is 1. The van der Waals surface area contributed by atoms with Crippen LogP contribution in [0, 0.1) is 0 Å². The van der Waals surface area contributed by atoms with Crippen LogP contribution in [0.15, 0.2) is 82.0 Å². The Labute approximate surface area is 163 Å². The number of nitrogens with zero attached hydrogens (tertiary/aromatic N) is 1. The van der Waals surface area contributed by atoms with Crippen molar-refractivity contribution >= 4 is 37.7 Å². The van der Waals surface area contributed by atoms with Gasteiger partial charge in [-0.1, -0.05) is 41.7 Å².